The molecular formula is C19H19NO3S. The maximum absolute atomic E-state index is 13.1. The minimum absolute atomic E-state index is 0.121. The van der Waals surface area contributed by atoms with Crippen LogP contribution in [-0.2, 0) is 14.6 Å². The number of nitriles is 1. The van der Waals surface area contributed by atoms with Gasteiger partial charge in [0.25, 0.3) is 0 Å². The van der Waals surface area contributed by atoms with E-state index in [-0.39, 0.29) is 17.4 Å². The van der Waals surface area contributed by atoms with Crippen LogP contribution in [0.3, 0.4) is 0 Å². The number of benzene rings is 2. The van der Waals surface area contributed by atoms with Crippen molar-refractivity contribution >= 4 is 9.84 Å². The van der Waals surface area contributed by atoms with Crippen LogP contribution in [0.1, 0.15) is 18.4 Å². The number of ether oxygens (including phenoxy) is 1. The van der Waals surface area contributed by atoms with E-state index in [4.69, 9.17) is 4.74 Å². The van der Waals surface area contributed by atoms with E-state index in [9.17, 15) is 13.7 Å². The van der Waals surface area contributed by atoms with Crippen molar-refractivity contribution in [2.45, 2.75) is 23.0 Å². The number of hydrogen-bond acceptors (Lipinski definition) is 4. The molecule has 0 saturated heterocycles. The van der Waals surface area contributed by atoms with Gasteiger partial charge in [0, 0.05) is 12.5 Å². The first-order chi connectivity index (χ1) is 11.6. The van der Waals surface area contributed by atoms with Gasteiger partial charge < -0.3 is 4.74 Å². The minimum Gasteiger partial charge on any atom is -0.380 e. The first kappa shape index (κ1) is 16.7. The van der Waals surface area contributed by atoms with Crippen LogP contribution in [0.25, 0.3) is 0 Å². The van der Waals surface area contributed by atoms with Crippen molar-refractivity contribution in [2.24, 2.45) is 5.41 Å². The van der Waals surface area contributed by atoms with Crippen molar-refractivity contribution in [3.8, 4) is 6.07 Å². The molecule has 1 saturated carbocycles. The predicted octanol–water partition coefficient (Wildman–Crippen LogP) is 3.17. The van der Waals surface area contributed by atoms with Crippen molar-refractivity contribution in [3.63, 3.8) is 0 Å². The van der Waals surface area contributed by atoms with Crippen LogP contribution in [0.5, 0.6) is 0 Å². The summed E-state index contributed by atoms with van der Waals surface area (Å²) in [6.07, 6.45) is 0. The first-order valence-corrected chi connectivity index (χ1v) is 9.45. The van der Waals surface area contributed by atoms with Gasteiger partial charge in [-0.05, 0) is 24.6 Å². The molecular weight excluding hydrogens is 322 g/mol. The average Bonchev–Trinajstić information content (AvgIpc) is 3.32. The van der Waals surface area contributed by atoms with E-state index in [2.05, 4.69) is 6.07 Å². The van der Waals surface area contributed by atoms with Crippen molar-refractivity contribution < 1.29 is 13.2 Å². The summed E-state index contributed by atoms with van der Waals surface area (Å²) in [7, 11) is -3.62. The van der Waals surface area contributed by atoms with Crippen LogP contribution < -0.4 is 0 Å². The maximum Gasteiger partial charge on any atom is 0.183 e. The number of sulfone groups is 1. The third-order valence-corrected chi connectivity index (χ3v) is 6.86. The number of hydrogen-bond donors (Lipinski definition) is 0. The van der Waals surface area contributed by atoms with Crippen LogP contribution in [-0.4, -0.2) is 26.9 Å². The predicted molar refractivity (Wildman–Crippen MR) is 91.1 cm³/mol. The third kappa shape index (κ3) is 2.62. The van der Waals surface area contributed by atoms with Gasteiger partial charge in [0.2, 0.25) is 0 Å². The second kappa shape index (κ2) is 6.39. The molecule has 0 heterocycles. The summed E-state index contributed by atoms with van der Waals surface area (Å²) in [5, 5.41) is 9.02. The van der Waals surface area contributed by atoms with Gasteiger partial charge >= 0.3 is 0 Å². The second-order valence-corrected chi connectivity index (χ2v) is 8.03. The van der Waals surface area contributed by atoms with Crippen LogP contribution in [0, 0.1) is 16.7 Å². The van der Waals surface area contributed by atoms with Crippen LogP contribution in [0.4, 0.5) is 0 Å². The minimum atomic E-state index is -3.62. The molecule has 0 unspecified atom stereocenters. The Balaban J connectivity index is 2.06. The monoisotopic (exact) mass is 341 g/mol. The van der Waals surface area contributed by atoms with Crippen LogP contribution in [0.15, 0.2) is 65.6 Å². The molecule has 1 aliphatic carbocycles. The molecule has 0 radical (unpaired) electrons. The SMILES string of the molecule is CCOC[C@@]1(C#N)[C@H](S(=O)(=O)c2ccccc2)[C@@H]1c1ccccc1. The van der Waals surface area contributed by atoms with E-state index in [0.717, 1.165) is 5.56 Å². The molecule has 5 heteroatoms. The van der Waals surface area contributed by atoms with Crippen molar-refractivity contribution in [3.05, 3.63) is 66.2 Å². The Labute approximate surface area is 142 Å². The zero-order valence-electron chi connectivity index (χ0n) is 13.4. The molecule has 0 spiro atoms. The topological polar surface area (TPSA) is 67.2 Å². The third-order valence-electron chi connectivity index (χ3n) is 4.57. The summed E-state index contributed by atoms with van der Waals surface area (Å²) in [4.78, 5) is 0.254. The molecule has 124 valence electrons. The van der Waals surface area contributed by atoms with Gasteiger partial charge in [-0.2, -0.15) is 5.26 Å². The zero-order chi connectivity index (χ0) is 17.2. The molecule has 1 fully saturated rings. The van der Waals surface area contributed by atoms with Gasteiger partial charge in [-0.15, -0.1) is 0 Å². The highest BCUT2D eigenvalue weighted by molar-refractivity contribution is 7.92. The Morgan fingerprint density at radius 1 is 1.08 bits per heavy atom. The smallest absolute Gasteiger partial charge is 0.183 e. The summed E-state index contributed by atoms with van der Waals surface area (Å²) < 4.78 is 31.7. The highest BCUT2D eigenvalue weighted by Gasteiger charge is 2.72. The number of nitrogens with zero attached hydrogens (tertiary/aromatic N) is 1. The van der Waals surface area contributed by atoms with Gasteiger partial charge in [-0.3, -0.25) is 0 Å². The van der Waals surface area contributed by atoms with Gasteiger partial charge in [-0.25, -0.2) is 8.42 Å². The zero-order valence-corrected chi connectivity index (χ0v) is 14.2. The molecule has 0 bridgehead atoms. The Bertz CT molecular complexity index is 843. The maximum atomic E-state index is 13.1. The Hall–Kier alpha value is -2.16. The molecule has 2 aromatic carbocycles. The molecule has 4 nitrogen and oxygen atoms in total. The van der Waals surface area contributed by atoms with Crippen molar-refractivity contribution in [1.82, 2.24) is 0 Å². The van der Waals surface area contributed by atoms with E-state index in [1.807, 2.05) is 37.3 Å². The first-order valence-electron chi connectivity index (χ1n) is 7.91. The highest BCUT2D eigenvalue weighted by atomic mass is 32.2. The van der Waals surface area contributed by atoms with Gasteiger partial charge in [0.05, 0.1) is 22.8 Å². The van der Waals surface area contributed by atoms with Gasteiger partial charge in [-0.1, -0.05) is 48.5 Å². The lowest BCUT2D eigenvalue weighted by atomic mass is 10.0. The molecule has 1 aliphatic rings. The molecule has 24 heavy (non-hydrogen) atoms. The lowest BCUT2D eigenvalue weighted by Gasteiger charge is -2.09. The van der Waals surface area contributed by atoms with Crippen LogP contribution in [0.2, 0.25) is 0 Å². The van der Waals surface area contributed by atoms with Crippen molar-refractivity contribution in [1.29, 1.82) is 5.26 Å². The fourth-order valence-corrected chi connectivity index (χ4v) is 5.69. The van der Waals surface area contributed by atoms with E-state index >= 15 is 0 Å². The summed E-state index contributed by atoms with van der Waals surface area (Å²) in [5.74, 6) is -0.375. The average molecular weight is 341 g/mol. The molecule has 0 N–H and O–H groups in total. The largest absolute Gasteiger partial charge is 0.380 e. The second-order valence-electron chi connectivity index (χ2n) is 5.96. The van der Waals surface area contributed by atoms with E-state index in [0.29, 0.717) is 6.61 Å². The Morgan fingerprint density at radius 2 is 1.67 bits per heavy atom. The molecule has 3 rings (SSSR count). The summed E-state index contributed by atoms with van der Waals surface area (Å²) in [6.45, 7) is 2.41. The molecule has 3 atom stereocenters. The lowest BCUT2D eigenvalue weighted by molar-refractivity contribution is 0.117. The van der Waals surface area contributed by atoms with Gasteiger partial charge in [0.1, 0.15) is 5.41 Å². The van der Waals surface area contributed by atoms with E-state index < -0.39 is 20.5 Å². The lowest BCUT2D eigenvalue weighted by Crippen LogP contribution is -2.19. The molecule has 2 aromatic rings. The van der Waals surface area contributed by atoms with Crippen molar-refractivity contribution in [2.75, 3.05) is 13.2 Å². The summed E-state index contributed by atoms with van der Waals surface area (Å²) >= 11 is 0. The fraction of sp³-hybridized carbons (Fsp3) is 0.316. The van der Waals surface area contributed by atoms with E-state index in [1.54, 1.807) is 30.3 Å². The number of rotatable bonds is 6. The summed E-state index contributed by atoms with van der Waals surface area (Å²) in [6, 6.07) is 20.0. The Kier molecular flexibility index (Phi) is 4.44. The van der Waals surface area contributed by atoms with Crippen LogP contribution >= 0.6 is 0 Å². The summed E-state index contributed by atoms with van der Waals surface area (Å²) in [5.41, 5.74) is -0.172. The quantitative estimate of drug-likeness (QED) is 0.809. The molecule has 0 amide bonds. The molecule has 0 aliphatic heterocycles. The normalized spacial score (nSPS) is 25.8. The standard InChI is InChI=1S/C19H19NO3S/c1-2-23-14-19(13-20)17(15-9-5-3-6-10-15)18(19)24(21,22)16-11-7-4-8-12-16/h3-12,17-18H,2,14H2,1H3/t17-,18+,19+/m0/s1. The van der Waals surface area contributed by atoms with E-state index in [1.165, 1.54) is 0 Å². The highest BCUT2D eigenvalue weighted by Crippen LogP contribution is 2.63. The van der Waals surface area contributed by atoms with Gasteiger partial charge in [0.15, 0.2) is 9.84 Å². The fourth-order valence-electron chi connectivity index (χ4n) is 3.36. The Morgan fingerprint density at radius 3 is 2.21 bits per heavy atom. The molecule has 0 aromatic heterocycles.